The first-order valence-corrected chi connectivity index (χ1v) is 11.2. The number of hydrogen-bond donors (Lipinski definition) is 1. The summed E-state index contributed by atoms with van der Waals surface area (Å²) in [6.07, 6.45) is 0. The van der Waals surface area contributed by atoms with Crippen LogP contribution in [0.2, 0.25) is 0 Å². The van der Waals surface area contributed by atoms with Crippen LogP contribution in [0.15, 0.2) is 40.6 Å². The second-order valence-corrected chi connectivity index (χ2v) is 8.86. The van der Waals surface area contributed by atoms with Gasteiger partial charge in [0.05, 0.1) is 11.4 Å². The van der Waals surface area contributed by atoms with Gasteiger partial charge in [0, 0.05) is 15.8 Å². The summed E-state index contributed by atoms with van der Waals surface area (Å²) in [5.41, 5.74) is 5.67. The summed E-state index contributed by atoms with van der Waals surface area (Å²) in [4.78, 5) is 18.0. The number of aromatic nitrogens is 1. The number of amides is 1. The Kier molecular flexibility index (Phi) is 5.78. The van der Waals surface area contributed by atoms with E-state index in [1.807, 2.05) is 23.6 Å². The maximum atomic E-state index is 12.4. The van der Waals surface area contributed by atoms with Crippen LogP contribution >= 0.6 is 23.1 Å². The lowest BCUT2D eigenvalue weighted by atomic mass is 9.98. The molecule has 0 saturated heterocycles. The topological polar surface area (TPSA) is 60.5 Å². The van der Waals surface area contributed by atoms with Crippen LogP contribution in [0.3, 0.4) is 0 Å². The Balaban J connectivity index is 1.39. The second kappa shape index (κ2) is 8.47. The smallest absolute Gasteiger partial charge is 0.236 e. The molecule has 1 aliphatic rings. The van der Waals surface area contributed by atoms with Gasteiger partial charge in [-0.05, 0) is 50.1 Å². The molecule has 2 aromatic carbocycles. The zero-order valence-electron chi connectivity index (χ0n) is 16.6. The van der Waals surface area contributed by atoms with E-state index < -0.39 is 0 Å². The van der Waals surface area contributed by atoms with Crippen molar-refractivity contribution in [1.29, 1.82) is 0 Å². The van der Waals surface area contributed by atoms with Gasteiger partial charge >= 0.3 is 0 Å². The fraction of sp³-hybridized carbons (Fsp3) is 0.273. The van der Waals surface area contributed by atoms with Gasteiger partial charge in [-0.25, -0.2) is 4.98 Å². The fourth-order valence-corrected chi connectivity index (χ4v) is 4.89. The van der Waals surface area contributed by atoms with Crippen molar-refractivity contribution in [3.63, 3.8) is 0 Å². The number of nitrogens with zero attached hydrogens (tertiary/aromatic N) is 1. The zero-order valence-corrected chi connectivity index (χ0v) is 18.2. The standard InChI is InChI=1S/C22H22N2O3S2/c1-13-8-14(2)21(15(3)9-13)17-11-29-22(23-17)24-20(25)12-28-16-4-5-18-19(10-16)27-7-6-26-18/h4-5,8-11H,6-7,12H2,1-3H3,(H,23,24,25). The van der Waals surface area contributed by atoms with E-state index in [-0.39, 0.29) is 5.91 Å². The number of hydrogen-bond acceptors (Lipinski definition) is 6. The SMILES string of the molecule is Cc1cc(C)c(-c2csc(NC(=O)CSc3ccc4c(c3)OCCO4)n2)c(C)c1. The Morgan fingerprint density at radius 3 is 2.59 bits per heavy atom. The third-order valence-corrected chi connectivity index (χ3v) is 6.32. The molecule has 150 valence electrons. The number of rotatable bonds is 5. The van der Waals surface area contributed by atoms with E-state index in [1.54, 1.807) is 0 Å². The summed E-state index contributed by atoms with van der Waals surface area (Å²) in [5, 5.41) is 5.52. The summed E-state index contributed by atoms with van der Waals surface area (Å²) < 4.78 is 11.1. The molecule has 0 saturated carbocycles. The van der Waals surface area contributed by atoms with Crippen molar-refractivity contribution in [2.75, 3.05) is 24.3 Å². The Morgan fingerprint density at radius 2 is 1.83 bits per heavy atom. The van der Waals surface area contributed by atoms with Gasteiger partial charge in [0.2, 0.25) is 5.91 Å². The van der Waals surface area contributed by atoms with E-state index >= 15 is 0 Å². The molecule has 0 aliphatic carbocycles. The fourth-order valence-electron chi connectivity index (χ4n) is 3.45. The van der Waals surface area contributed by atoms with Gasteiger partial charge in [-0.1, -0.05) is 17.7 Å². The predicted molar refractivity (Wildman–Crippen MR) is 119 cm³/mol. The van der Waals surface area contributed by atoms with Crippen molar-refractivity contribution >= 4 is 34.1 Å². The summed E-state index contributed by atoms with van der Waals surface area (Å²) in [5.74, 6) is 1.71. The van der Waals surface area contributed by atoms with Gasteiger partial charge in [-0.15, -0.1) is 23.1 Å². The molecule has 2 heterocycles. The molecule has 1 aromatic heterocycles. The maximum Gasteiger partial charge on any atom is 0.236 e. The quantitative estimate of drug-likeness (QED) is 0.566. The number of carbonyl (C=O) groups excluding carboxylic acids is 1. The number of ether oxygens (including phenoxy) is 2. The molecule has 0 bridgehead atoms. The summed E-state index contributed by atoms with van der Waals surface area (Å²) in [6, 6.07) is 10.1. The van der Waals surface area contributed by atoms with Crippen LogP contribution in [0.4, 0.5) is 5.13 Å². The van der Waals surface area contributed by atoms with Crippen LogP contribution in [0.1, 0.15) is 16.7 Å². The summed E-state index contributed by atoms with van der Waals surface area (Å²) in [6.45, 7) is 7.40. The van der Waals surface area contributed by atoms with E-state index in [4.69, 9.17) is 9.47 Å². The lowest BCUT2D eigenvalue weighted by molar-refractivity contribution is -0.113. The molecule has 5 nitrogen and oxygen atoms in total. The second-order valence-electron chi connectivity index (χ2n) is 6.95. The van der Waals surface area contributed by atoms with Crippen molar-refractivity contribution in [3.05, 3.63) is 52.4 Å². The van der Waals surface area contributed by atoms with Crippen LogP contribution in [0, 0.1) is 20.8 Å². The van der Waals surface area contributed by atoms with E-state index in [0.29, 0.717) is 24.1 Å². The highest BCUT2D eigenvalue weighted by atomic mass is 32.2. The first-order chi connectivity index (χ1) is 14.0. The number of nitrogens with one attached hydrogen (secondary N) is 1. The molecule has 0 spiro atoms. The monoisotopic (exact) mass is 426 g/mol. The highest BCUT2D eigenvalue weighted by Crippen LogP contribution is 2.34. The molecule has 1 aliphatic heterocycles. The zero-order chi connectivity index (χ0) is 20.4. The molecule has 0 fully saturated rings. The predicted octanol–water partition coefficient (Wildman–Crippen LogP) is 5.24. The molecule has 0 atom stereocenters. The summed E-state index contributed by atoms with van der Waals surface area (Å²) >= 11 is 2.91. The van der Waals surface area contributed by atoms with Gasteiger partial charge in [0.1, 0.15) is 13.2 Å². The number of thioether (sulfide) groups is 1. The van der Waals surface area contributed by atoms with E-state index in [1.165, 1.54) is 39.8 Å². The maximum absolute atomic E-state index is 12.4. The number of anilines is 1. The van der Waals surface area contributed by atoms with Crippen LogP contribution in [-0.4, -0.2) is 29.9 Å². The van der Waals surface area contributed by atoms with Crippen molar-refractivity contribution in [1.82, 2.24) is 4.98 Å². The van der Waals surface area contributed by atoms with Gasteiger partial charge in [0.25, 0.3) is 0 Å². The van der Waals surface area contributed by atoms with Crippen molar-refractivity contribution in [2.45, 2.75) is 25.7 Å². The lowest BCUT2D eigenvalue weighted by Gasteiger charge is -2.18. The normalized spacial score (nSPS) is 12.7. The van der Waals surface area contributed by atoms with Gasteiger partial charge in [-0.3, -0.25) is 4.79 Å². The Hall–Kier alpha value is -2.51. The highest BCUT2D eigenvalue weighted by Gasteiger charge is 2.14. The third-order valence-electron chi connectivity index (χ3n) is 4.57. The van der Waals surface area contributed by atoms with Crippen LogP contribution in [-0.2, 0) is 4.79 Å². The van der Waals surface area contributed by atoms with Crippen LogP contribution < -0.4 is 14.8 Å². The number of carbonyl (C=O) groups is 1. The molecular formula is C22H22N2O3S2. The number of aryl methyl sites for hydroxylation is 3. The minimum atomic E-state index is -0.0804. The van der Waals surface area contributed by atoms with Gasteiger partial charge in [0.15, 0.2) is 16.6 Å². The summed E-state index contributed by atoms with van der Waals surface area (Å²) in [7, 11) is 0. The van der Waals surface area contributed by atoms with E-state index in [9.17, 15) is 4.79 Å². The van der Waals surface area contributed by atoms with Gasteiger partial charge < -0.3 is 14.8 Å². The van der Waals surface area contributed by atoms with E-state index in [2.05, 4.69) is 43.2 Å². The number of benzene rings is 2. The third kappa shape index (κ3) is 4.57. The average molecular weight is 427 g/mol. The first-order valence-electron chi connectivity index (χ1n) is 9.35. The van der Waals surface area contributed by atoms with Crippen molar-refractivity contribution < 1.29 is 14.3 Å². The minimum absolute atomic E-state index is 0.0804. The minimum Gasteiger partial charge on any atom is -0.486 e. The van der Waals surface area contributed by atoms with Crippen molar-refractivity contribution in [2.24, 2.45) is 0 Å². The molecule has 1 amide bonds. The molecule has 3 aromatic rings. The molecule has 0 radical (unpaired) electrons. The largest absolute Gasteiger partial charge is 0.486 e. The molecular weight excluding hydrogens is 404 g/mol. The van der Waals surface area contributed by atoms with E-state index in [0.717, 1.165) is 27.7 Å². The van der Waals surface area contributed by atoms with Gasteiger partial charge in [-0.2, -0.15) is 0 Å². The number of thiazole rings is 1. The van der Waals surface area contributed by atoms with Crippen LogP contribution in [0.25, 0.3) is 11.3 Å². The van der Waals surface area contributed by atoms with Crippen LogP contribution in [0.5, 0.6) is 11.5 Å². The molecule has 1 N–H and O–H groups in total. The first kappa shape index (κ1) is 19.8. The lowest BCUT2D eigenvalue weighted by Crippen LogP contribution is -2.15. The Bertz CT molecular complexity index is 1040. The highest BCUT2D eigenvalue weighted by molar-refractivity contribution is 8.00. The average Bonchev–Trinajstić information content (AvgIpc) is 3.13. The number of fused-ring (bicyclic) bond motifs is 1. The molecule has 29 heavy (non-hydrogen) atoms. The molecule has 4 rings (SSSR count). The Morgan fingerprint density at radius 1 is 1.10 bits per heavy atom. The Labute approximate surface area is 178 Å². The van der Waals surface area contributed by atoms with Crippen molar-refractivity contribution in [3.8, 4) is 22.8 Å². The molecule has 0 unspecified atom stereocenters. The molecule has 7 heteroatoms.